The summed E-state index contributed by atoms with van der Waals surface area (Å²) in [6.07, 6.45) is 5.91. The van der Waals surface area contributed by atoms with Crippen LogP contribution in [0.1, 0.15) is 58.9 Å². The summed E-state index contributed by atoms with van der Waals surface area (Å²) in [6, 6.07) is 8.59. The first-order valence-electron chi connectivity index (χ1n) is 11.0. The monoisotopic (exact) mass is 409 g/mol. The number of anilines is 1. The number of piperidine rings is 1. The summed E-state index contributed by atoms with van der Waals surface area (Å²) in [5.41, 5.74) is 5.63. The number of carbonyl (C=O) groups is 1. The first-order valence-corrected chi connectivity index (χ1v) is 11.0. The van der Waals surface area contributed by atoms with Gasteiger partial charge in [0.25, 0.3) is 5.91 Å². The van der Waals surface area contributed by atoms with Crippen molar-refractivity contribution in [2.45, 2.75) is 58.6 Å². The van der Waals surface area contributed by atoms with Crippen LogP contribution < -0.4 is 15.0 Å². The number of pyridine rings is 1. The highest BCUT2D eigenvalue weighted by Crippen LogP contribution is 2.30. The van der Waals surface area contributed by atoms with Crippen molar-refractivity contribution >= 4 is 11.7 Å². The van der Waals surface area contributed by atoms with Crippen LogP contribution in [-0.2, 0) is 19.4 Å². The van der Waals surface area contributed by atoms with Crippen molar-refractivity contribution in [3.05, 3.63) is 52.2 Å². The van der Waals surface area contributed by atoms with Crippen molar-refractivity contribution in [2.24, 2.45) is 0 Å². The zero-order valence-electron chi connectivity index (χ0n) is 17.9. The van der Waals surface area contributed by atoms with Crippen LogP contribution in [-0.4, -0.2) is 41.8 Å². The number of nitrogens with one attached hydrogen (secondary N) is 1. The molecule has 5 rings (SSSR count). The minimum atomic E-state index is -0.00592. The summed E-state index contributed by atoms with van der Waals surface area (Å²) in [7, 11) is 0. The van der Waals surface area contributed by atoms with E-state index in [0.717, 1.165) is 54.3 Å². The van der Waals surface area contributed by atoms with Crippen LogP contribution in [0.4, 0.5) is 5.82 Å². The van der Waals surface area contributed by atoms with Gasteiger partial charge in [-0.1, -0.05) is 6.07 Å². The first kappa shape index (κ1) is 20.7. The molecule has 1 amide bonds. The molecule has 0 spiro atoms. The van der Waals surface area contributed by atoms with Gasteiger partial charge in [-0.25, -0.2) is 4.98 Å². The Balaban J connectivity index is 0.000000687. The molecule has 3 aliphatic rings. The number of benzene rings is 1. The number of aliphatic hydroxyl groups is 1. The lowest BCUT2D eigenvalue weighted by Crippen LogP contribution is -2.39. The second-order valence-electron chi connectivity index (χ2n) is 8.21. The summed E-state index contributed by atoms with van der Waals surface area (Å²) in [6.45, 7) is 6.38. The van der Waals surface area contributed by atoms with E-state index in [1.54, 1.807) is 6.92 Å². The zero-order chi connectivity index (χ0) is 21.1. The van der Waals surface area contributed by atoms with E-state index in [9.17, 15) is 4.79 Å². The quantitative estimate of drug-likeness (QED) is 0.815. The van der Waals surface area contributed by atoms with Gasteiger partial charge in [-0.05, 0) is 68.0 Å². The Kier molecular flexibility index (Phi) is 6.23. The van der Waals surface area contributed by atoms with Gasteiger partial charge in [0, 0.05) is 32.5 Å². The van der Waals surface area contributed by atoms with E-state index in [0.29, 0.717) is 6.54 Å². The molecule has 0 radical (unpaired) electrons. The molecule has 6 heteroatoms. The average Bonchev–Trinajstić information content (AvgIpc) is 3.35. The maximum Gasteiger partial charge on any atom is 0.253 e. The maximum atomic E-state index is 11.8. The Bertz CT molecular complexity index is 920. The van der Waals surface area contributed by atoms with Crippen LogP contribution in [0.15, 0.2) is 24.3 Å². The van der Waals surface area contributed by atoms with Gasteiger partial charge in [-0.15, -0.1) is 0 Å². The van der Waals surface area contributed by atoms with Gasteiger partial charge in [0.1, 0.15) is 17.7 Å². The van der Waals surface area contributed by atoms with Crippen LogP contribution in [0.3, 0.4) is 0 Å². The Hall–Kier alpha value is -2.60. The van der Waals surface area contributed by atoms with E-state index in [4.69, 9.17) is 14.8 Å². The number of fused-ring (bicyclic) bond motifs is 2. The third-order valence-corrected chi connectivity index (χ3v) is 6.04. The smallest absolute Gasteiger partial charge is 0.253 e. The lowest BCUT2D eigenvalue weighted by Gasteiger charge is -2.34. The summed E-state index contributed by atoms with van der Waals surface area (Å²) in [5.74, 6) is 2.03. The predicted octanol–water partition coefficient (Wildman–Crippen LogP) is 3.17. The van der Waals surface area contributed by atoms with E-state index < -0.39 is 0 Å². The van der Waals surface area contributed by atoms with Gasteiger partial charge in [-0.3, -0.25) is 4.79 Å². The summed E-state index contributed by atoms with van der Waals surface area (Å²) in [4.78, 5) is 18.9. The van der Waals surface area contributed by atoms with E-state index in [1.165, 1.54) is 30.4 Å². The fraction of sp³-hybridized carbons (Fsp3) is 0.500. The van der Waals surface area contributed by atoms with Gasteiger partial charge in [0.15, 0.2) is 0 Å². The lowest BCUT2D eigenvalue weighted by atomic mass is 10.1. The van der Waals surface area contributed by atoms with Crippen molar-refractivity contribution in [3.63, 3.8) is 0 Å². The van der Waals surface area contributed by atoms with Crippen LogP contribution in [0.25, 0.3) is 0 Å². The fourth-order valence-corrected chi connectivity index (χ4v) is 4.55. The molecule has 3 heterocycles. The minimum absolute atomic E-state index is 0.00592. The lowest BCUT2D eigenvalue weighted by molar-refractivity contribution is 0.0965. The molecule has 160 valence electrons. The van der Waals surface area contributed by atoms with Gasteiger partial charge in [-0.2, -0.15) is 0 Å². The van der Waals surface area contributed by atoms with Crippen LogP contribution >= 0.6 is 0 Å². The molecule has 0 unspecified atom stereocenters. The molecule has 0 saturated carbocycles. The molecule has 0 bridgehead atoms. The minimum Gasteiger partial charge on any atom is -0.490 e. The molecule has 2 aromatic rings. The van der Waals surface area contributed by atoms with Gasteiger partial charge >= 0.3 is 0 Å². The van der Waals surface area contributed by atoms with Crippen molar-refractivity contribution in [1.29, 1.82) is 0 Å². The number of hydrogen-bond donors (Lipinski definition) is 2. The molecule has 30 heavy (non-hydrogen) atoms. The van der Waals surface area contributed by atoms with Crippen LogP contribution in [0.2, 0.25) is 0 Å². The third-order valence-electron chi connectivity index (χ3n) is 6.04. The van der Waals surface area contributed by atoms with Crippen molar-refractivity contribution in [3.8, 4) is 5.75 Å². The maximum absolute atomic E-state index is 11.8. The van der Waals surface area contributed by atoms with Crippen LogP contribution in [0, 0.1) is 6.92 Å². The van der Waals surface area contributed by atoms with Gasteiger partial charge < -0.3 is 20.1 Å². The fourth-order valence-electron chi connectivity index (χ4n) is 4.55. The Morgan fingerprint density at radius 3 is 2.70 bits per heavy atom. The highest BCUT2D eigenvalue weighted by atomic mass is 16.5. The molecule has 1 aromatic carbocycles. The summed E-state index contributed by atoms with van der Waals surface area (Å²) >= 11 is 0. The number of aryl methyl sites for hydroxylation is 3. The number of nitrogens with zero attached hydrogens (tertiary/aromatic N) is 2. The number of hydrogen-bond acceptors (Lipinski definition) is 5. The van der Waals surface area contributed by atoms with Crippen molar-refractivity contribution in [1.82, 2.24) is 10.3 Å². The number of ether oxygens (including phenoxy) is 1. The highest BCUT2D eigenvalue weighted by Gasteiger charge is 2.26. The number of rotatable bonds is 3. The second kappa shape index (κ2) is 9.04. The Morgan fingerprint density at radius 2 is 1.93 bits per heavy atom. The number of aromatic nitrogens is 1. The number of amides is 1. The highest BCUT2D eigenvalue weighted by molar-refractivity contribution is 5.98. The van der Waals surface area contributed by atoms with Crippen molar-refractivity contribution < 1.29 is 14.6 Å². The summed E-state index contributed by atoms with van der Waals surface area (Å²) in [5, 5.41) is 10.4. The molecule has 2 aliphatic heterocycles. The zero-order valence-corrected chi connectivity index (χ0v) is 17.9. The molecule has 1 aromatic heterocycles. The third kappa shape index (κ3) is 4.29. The molecule has 1 aliphatic carbocycles. The molecule has 6 nitrogen and oxygen atoms in total. The molecule has 2 N–H and O–H groups in total. The molecular weight excluding hydrogens is 378 g/mol. The van der Waals surface area contributed by atoms with E-state index in [2.05, 4.69) is 28.4 Å². The SMILES string of the molecule is CCO.Cc1cc2c(nc1N1CCC(Oc3ccc4c(c3)CCC4)CC1)CNC2=O. The van der Waals surface area contributed by atoms with E-state index in [-0.39, 0.29) is 18.6 Å². The molecular formula is C24H31N3O3. The van der Waals surface area contributed by atoms with Crippen LogP contribution in [0.5, 0.6) is 5.75 Å². The normalized spacial score (nSPS) is 17.7. The first-order chi connectivity index (χ1) is 14.6. The summed E-state index contributed by atoms with van der Waals surface area (Å²) < 4.78 is 6.28. The molecule has 1 saturated heterocycles. The topological polar surface area (TPSA) is 74.7 Å². The largest absolute Gasteiger partial charge is 0.490 e. The Labute approximate surface area is 178 Å². The van der Waals surface area contributed by atoms with Gasteiger partial charge in [0.2, 0.25) is 0 Å². The second-order valence-corrected chi connectivity index (χ2v) is 8.21. The standard InChI is InChI=1S/C22H25N3O2.C2H6O/c1-14-11-19-20(13-23-22(19)26)24-21(14)25-9-7-17(8-10-25)27-18-6-5-15-3-2-4-16(15)12-18;1-2-3/h5-6,11-12,17H,2-4,7-10,13H2,1H3,(H,23,26);3H,2H2,1H3. The van der Waals surface area contributed by atoms with E-state index >= 15 is 0 Å². The Morgan fingerprint density at radius 1 is 1.20 bits per heavy atom. The predicted molar refractivity (Wildman–Crippen MR) is 117 cm³/mol. The van der Waals surface area contributed by atoms with Crippen molar-refractivity contribution in [2.75, 3.05) is 24.6 Å². The average molecular weight is 410 g/mol. The molecule has 1 fully saturated rings. The van der Waals surface area contributed by atoms with Gasteiger partial charge in [0.05, 0.1) is 17.8 Å². The molecule has 0 atom stereocenters. The number of aliphatic hydroxyl groups excluding tert-OH is 1. The number of carbonyl (C=O) groups excluding carboxylic acids is 1. The van der Waals surface area contributed by atoms with E-state index in [1.807, 2.05) is 13.0 Å².